The molecule has 0 fully saturated rings. The second kappa shape index (κ2) is 7.74. The van der Waals surface area contributed by atoms with Gasteiger partial charge >= 0.3 is 0 Å². The molecule has 1 aromatic heterocycles. The average molecular weight is 407 g/mol. The van der Waals surface area contributed by atoms with E-state index in [1.165, 1.54) is 23.5 Å². The Hall–Kier alpha value is -2.32. The summed E-state index contributed by atoms with van der Waals surface area (Å²) in [6.45, 7) is 4.62. The molecule has 1 heterocycles. The van der Waals surface area contributed by atoms with Gasteiger partial charge in [0.25, 0.3) is 0 Å². The third-order valence-electron chi connectivity index (χ3n) is 4.13. The smallest absolute Gasteiger partial charge is 0.249 e. The van der Waals surface area contributed by atoms with Crippen LogP contribution in [0.3, 0.4) is 0 Å². The van der Waals surface area contributed by atoms with Crippen LogP contribution >= 0.6 is 11.3 Å². The Bertz CT molecular complexity index is 1160. The van der Waals surface area contributed by atoms with Crippen molar-refractivity contribution in [2.24, 2.45) is 4.99 Å². The maximum atomic E-state index is 13.0. The van der Waals surface area contributed by atoms with E-state index in [4.69, 9.17) is 0 Å². The first-order valence-electron chi connectivity index (χ1n) is 8.46. The summed E-state index contributed by atoms with van der Waals surface area (Å²) in [6.07, 6.45) is -0.225. The standard InChI is InChI=1S/C19H19FN2O3S2/c1-3-22-16-9-4-13(2)12-17(16)26-19(22)21-18(23)10-11-27(24,25)15-7-5-14(20)6-8-15/h4-9,12H,3,10-11H2,1-2H3. The topological polar surface area (TPSA) is 68.5 Å². The van der Waals surface area contributed by atoms with Gasteiger partial charge in [0.1, 0.15) is 5.82 Å². The highest BCUT2D eigenvalue weighted by Gasteiger charge is 2.16. The third kappa shape index (κ3) is 4.33. The fourth-order valence-electron chi connectivity index (χ4n) is 2.72. The number of amides is 1. The van der Waals surface area contributed by atoms with Crippen LogP contribution in [0.4, 0.5) is 4.39 Å². The number of benzene rings is 2. The number of carbonyl (C=O) groups is 1. The van der Waals surface area contributed by atoms with Crippen LogP contribution < -0.4 is 4.80 Å². The SMILES string of the molecule is CCn1c(=NC(=O)CCS(=O)(=O)c2ccc(F)cc2)sc2cc(C)ccc21. The lowest BCUT2D eigenvalue weighted by Gasteiger charge is -2.03. The van der Waals surface area contributed by atoms with Crippen LogP contribution in [0.15, 0.2) is 52.4 Å². The third-order valence-corrected chi connectivity index (χ3v) is 6.91. The molecule has 0 bridgehead atoms. The molecule has 5 nitrogen and oxygen atoms in total. The van der Waals surface area contributed by atoms with Gasteiger partial charge < -0.3 is 4.57 Å². The Balaban J connectivity index is 1.83. The molecule has 0 radical (unpaired) electrons. The van der Waals surface area contributed by atoms with Gasteiger partial charge in [0.05, 0.1) is 20.9 Å². The highest BCUT2D eigenvalue weighted by Crippen LogP contribution is 2.19. The summed E-state index contributed by atoms with van der Waals surface area (Å²) in [6, 6.07) is 10.6. The number of carbonyl (C=O) groups excluding carboxylic acids is 1. The Morgan fingerprint density at radius 1 is 1.19 bits per heavy atom. The fourth-order valence-corrected chi connectivity index (χ4v) is 5.15. The molecule has 142 valence electrons. The molecular weight excluding hydrogens is 387 g/mol. The minimum Gasteiger partial charge on any atom is -0.317 e. The van der Waals surface area contributed by atoms with Gasteiger partial charge in [0.15, 0.2) is 14.6 Å². The van der Waals surface area contributed by atoms with Gasteiger partial charge in [-0.2, -0.15) is 4.99 Å². The van der Waals surface area contributed by atoms with Crippen LogP contribution in [-0.2, 0) is 21.2 Å². The van der Waals surface area contributed by atoms with E-state index < -0.39 is 21.6 Å². The van der Waals surface area contributed by atoms with Crippen LogP contribution in [0.1, 0.15) is 18.9 Å². The first kappa shape index (κ1) is 19.4. The van der Waals surface area contributed by atoms with Gasteiger partial charge in [-0.05, 0) is 55.8 Å². The zero-order valence-corrected chi connectivity index (χ0v) is 16.6. The number of nitrogens with zero attached hydrogens (tertiary/aromatic N) is 2. The van der Waals surface area contributed by atoms with Crippen LogP contribution in [0.25, 0.3) is 10.2 Å². The van der Waals surface area contributed by atoms with Gasteiger partial charge in [0, 0.05) is 13.0 Å². The van der Waals surface area contributed by atoms with Crippen molar-refractivity contribution in [2.75, 3.05) is 5.75 Å². The molecule has 1 amide bonds. The molecule has 0 saturated carbocycles. The molecule has 0 N–H and O–H groups in total. The summed E-state index contributed by atoms with van der Waals surface area (Å²) in [7, 11) is -3.66. The normalized spacial score (nSPS) is 12.6. The van der Waals surface area contributed by atoms with E-state index in [2.05, 4.69) is 4.99 Å². The fraction of sp³-hybridized carbons (Fsp3) is 0.263. The molecular formula is C19H19FN2O3S2. The molecule has 0 aliphatic rings. The minimum atomic E-state index is -3.66. The molecule has 0 aliphatic carbocycles. The molecule has 3 aromatic rings. The van der Waals surface area contributed by atoms with Crippen molar-refractivity contribution in [2.45, 2.75) is 31.7 Å². The highest BCUT2D eigenvalue weighted by molar-refractivity contribution is 7.91. The van der Waals surface area contributed by atoms with Crippen molar-refractivity contribution in [1.82, 2.24) is 4.57 Å². The number of halogens is 1. The lowest BCUT2D eigenvalue weighted by molar-refractivity contribution is -0.117. The highest BCUT2D eigenvalue weighted by atomic mass is 32.2. The maximum Gasteiger partial charge on any atom is 0.249 e. The summed E-state index contributed by atoms with van der Waals surface area (Å²) in [5.74, 6) is -1.37. The van der Waals surface area contributed by atoms with Gasteiger partial charge in [0.2, 0.25) is 5.91 Å². The van der Waals surface area contributed by atoms with Gasteiger partial charge in [-0.1, -0.05) is 17.4 Å². The second-order valence-electron chi connectivity index (χ2n) is 6.13. The summed E-state index contributed by atoms with van der Waals surface area (Å²) < 4.78 is 40.5. The van der Waals surface area contributed by atoms with Crippen molar-refractivity contribution >= 4 is 37.3 Å². The average Bonchev–Trinajstić information content (AvgIpc) is 2.96. The quantitative estimate of drug-likeness (QED) is 0.610. The zero-order chi connectivity index (χ0) is 19.6. The van der Waals surface area contributed by atoms with Crippen molar-refractivity contribution in [3.05, 3.63) is 58.6 Å². The molecule has 27 heavy (non-hydrogen) atoms. The number of sulfone groups is 1. The van der Waals surface area contributed by atoms with Gasteiger partial charge in [-0.3, -0.25) is 4.79 Å². The lowest BCUT2D eigenvalue weighted by atomic mass is 10.2. The first-order chi connectivity index (χ1) is 12.8. The Kier molecular flexibility index (Phi) is 5.57. The number of fused-ring (bicyclic) bond motifs is 1. The first-order valence-corrected chi connectivity index (χ1v) is 10.9. The Labute approximate surface area is 160 Å². The predicted octanol–water partition coefficient (Wildman–Crippen LogP) is 3.46. The van der Waals surface area contributed by atoms with E-state index in [9.17, 15) is 17.6 Å². The molecule has 0 unspecified atom stereocenters. The summed E-state index contributed by atoms with van der Waals surface area (Å²) >= 11 is 1.41. The molecule has 0 aliphatic heterocycles. The zero-order valence-electron chi connectivity index (χ0n) is 15.0. The molecule has 0 spiro atoms. The second-order valence-corrected chi connectivity index (χ2v) is 9.25. The van der Waals surface area contributed by atoms with Crippen LogP contribution in [0.2, 0.25) is 0 Å². The Morgan fingerprint density at radius 3 is 2.56 bits per heavy atom. The minimum absolute atomic E-state index is 0.00217. The van der Waals surface area contributed by atoms with Crippen molar-refractivity contribution in [1.29, 1.82) is 0 Å². The van der Waals surface area contributed by atoms with E-state index in [-0.39, 0.29) is 17.1 Å². The number of hydrogen-bond acceptors (Lipinski definition) is 4. The van der Waals surface area contributed by atoms with Gasteiger partial charge in [-0.15, -0.1) is 0 Å². The molecule has 0 atom stereocenters. The van der Waals surface area contributed by atoms with Crippen LogP contribution in [-0.4, -0.2) is 24.6 Å². The Morgan fingerprint density at radius 2 is 1.89 bits per heavy atom. The number of thiazole rings is 1. The van der Waals surface area contributed by atoms with Crippen molar-refractivity contribution < 1.29 is 17.6 Å². The van der Waals surface area contributed by atoms with E-state index in [1.807, 2.05) is 36.6 Å². The van der Waals surface area contributed by atoms with Gasteiger partial charge in [-0.25, -0.2) is 12.8 Å². The van der Waals surface area contributed by atoms with Crippen LogP contribution in [0.5, 0.6) is 0 Å². The molecule has 0 saturated heterocycles. The molecule has 2 aromatic carbocycles. The van der Waals surface area contributed by atoms with E-state index in [0.29, 0.717) is 11.3 Å². The van der Waals surface area contributed by atoms with E-state index in [1.54, 1.807) is 0 Å². The molecule has 8 heteroatoms. The lowest BCUT2D eigenvalue weighted by Crippen LogP contribution is -2.17. The number of aryl methyl sites for hydroxylation is 2. The van der Waals surface area contributed by atoms with Crippen LogP contribution in [0, 0.1) is 12.7 Å². The van der Waals surface area contributed by atoms with E-state index >= 15 is 0 Å². The predicted molar refractivity (Wildman–Crippen MR) is 104 cm³/mol. The van der Waals surface area contributed by atoms with E-state index in [0.717, 1.165) is 27.9 Å². The largest absolute Gasteiger partial charge is 0.317 e. The van der Waals surface area contributed by atoms with Crippen molar-refractivity contribution in [3.63, 3.8) is 0 Å². The number of hydrogen-bond donors (Lipinski definition) is 0. The number of aromatic nitrogens is 1. The van der Waals surface area contributed by atoms with Crippen molar-refractivity contribution in [3.8, 4) is 0 Å². The monoisotopic (exact) mass is 406 g/mol. The number of rotatable bonds is 5. The maximum absolute atomic E-state index is 13.0. The summed E-state index contributed by atoms with van der Waals surface area (Å²) in [5.41, 5.74) is 2.12. The molecule has 3 rings (SSSR count). The summed E-state index contributed by atoms with van der Waals surface area (Å²) in [4.78, 5) is 16.9. The summed E-state index contributed by atoms with van der Waals surface area (Å²) in [5, 5.41) is 0.